The Morgan fingerprint density at radius 1 is 1.11 bits per heavy atom. The number of nitrogens with two attached hydrogens (primary N) is 1. The minimum Gasteiger partial charge on any atom is -0.423 e. The average molecular weight is 253 g/mol. The molecule has 0 radical (unpaired) electrons. The number of benzene rings is 2. The summed E-state index contributed by atoms with van der Waals surface area (Å²) < 4.78 is 5.53. The van der Waals surface area contributed by atoms with Crippen LogP contribution in [0.3, 0.4) is 0 Å². The lowest BCUT2D eigenvalue weighted by Crippen LogP contribution is -2.11. The van der Waals surface area contributed by atoms with E-state index in [0.717, 1.165) is 5.69 Å². The Bertz CT molecular complexity index is 735. The molecule has 3 N–H and O–H groups in total. The molecule has 1 amide bonds. The monoisotopic (exact) mass is 253 g/mol. The number of fused-ring (bicyclic) bond motifs is 1. The van der Waals surface area contributed by atoms with Crippen LogP contribution in [-0.2, 0) is 0 Å². The van der Waals surface area contributed by atoms with Gasteiger partial charge in [-0.05, 0) is 24.3 Å². The van der Waals surface area contributed by atoms with Gasteiger partial charge in [-0.2, -0.15) is 4.98 Å². The van der Waals surface area contributed by atoms with Gasteiger partial charge >= 0.3 is 0 Å². The van der Waals surface area contributed by atoms with Crippen molar-refractivity contribution >= 4 is 28.7 Å². The van der Waals surface area contributed by atoms with E-state index in [4.69, 9.17) is 10.2 Å². The molecule has 0 spiro atoms. The van der Waals surface area contributed by atoms with Gasteiger partial charge in [-0.25, -0.2) is 0 Å². The van der Waals surface area contributed by atoms with Crippen molar-refractivity contribution in [2.24, 2.45) is 5.73 Å². The number of hydrogen-bond acceptors (Lipinski definition) is 4. The number of rotatable bonds is 3. The van der Waals surface area contributed by atoms with E-state index in [2.05, 4.69) is 10.3 Å². The number of nitrogens with zero attached hydrogens (tertiary/aromatic N) is 1. The fourth-order valence-electron chi connectivity index (χ4n) is 1.85. The molecule has 0 aliphatic heterocycles. The van der Waals surface area contributed by atoms with Crippen LogP contribution in [0.15, 0.2) is 52.9 Å². The van der Waals surface area contributed by atoms with Crippen LogP contribution >= 0.6 is 0 Å². The number of amides is 1. The molecular formula is C14H11N3O2. The number of para-hydroxylation sites is 2. The molecule has 0 saturated heterocycles. The predicted molar refractivity (Wildman–Crippen MR) is 72.3 cm³/mol. The van der Waals surface area contributed by atoms with Crippen LogP contribution in [0.1, 0.15) is 10.4 Å². The summed E-state index contributed by atoms with van der Waals surface area (Å²) in [7, 11) is 0. The molecule has 0 fully saturated rings. The summed E-state index contributed by atoms with van der Waals surface area (Å²) in [5.74, 6) is -0.523. The lowest BCUT2D eigenvalue weighted by molar-refractivity contribution is 0.100. The van der Waals surface area contributed by atoms with Gasteiger partial charge in [0.15, 0.2) is 5.58 Å². The second-order valence-electron chi connectivity index (χ2n) is 4.03. The van der Waals surface area contributed by atoms with Gasteiger partial charge in [0.2, 0.25) is 0 Å². The molecule has 3 rings (SSSR count). The smallest absolute Gasteiger partial charge is 0.300 e. The Morgan fingerprint density at radius 3 is 2.63 bits per heavy atom. The molecule has 5 nitrogen and oxygen atoms in total. The molecule has 0 unspecified atom stereocenters. The van der Waals surface area contributed by atoms with Crippen LogP contribution in [0.4, 0.5) is 11.7 Å². The number of carbonyl (C=O) groups is 1. The van der Waals surface area contributed by atoms with Crippen molar-refractivity contribution in [1.82, 2.24) is 4.98 Å². The van der Waals surface area contributed by atoms with E-state index < -0.39 is 5.91 Å². The van der Waals surface area contributed by atoms with Crippen molar-refractivity contribution in [2.45, 2.75) is 0 Å². The molecule has 0 aliphatic carbocycles. The molecular weight excluding hydrogens is 242 g/mol. The lowest BCUT2D eigenvalue weighted by atomic mass is 10.2. The third-order valence-electron chi connectivity index (χ3n) is 2.71. The van der Waals surface area contributed by atoms with Crippen molar-refractivity contribution in [3.8, 4) is 0 Å². The van der Waals surface area contributed by atoms with Gasteiger partial charge in [-0.15, -0.1) is 0 Å². The van der Waals surface area contributed by atoms with Crippen molar-refractivity contribution in [3.05, 3.63) is 54.1 Å². The van der Waals surface area contributed by atoms with Crippen molar-refractivity contribution < 1.29 is 9.21 Å². The maximum absolute atomic E-state index is 11.3. The van der Waals surface area contributed by atoms with Gasteiger partial charge in [0.1, 0.15) is 5.52 Å². The van der Waals surface area contributed by atoms with Crippen LogP contribution in [0.2, 0.25) is 0 Å². The standard InChI is InChI=1S/C14H11N3O2/c15-13(18)10-7-4-8-11-12(10)17-14(19-11)16-9-5-2-1-3-6-9/h1-8H,(H2,15,18)(H,16,17). The number of primary amides is 1. The summed E-state index contributed by atoms with van der Waals surface area (Å²) in [6.07, 6.45) is 0. The van der Waals surface area contributed by atoms with E-state index in [1.54, 1.807) is 18.2 Å². The minimum atomic E-state index is -0.523. The maximum Gasteiger partial charge on any atom is 0.300 e. The fourth-order valence-corrected chi connectivity index (χ4v) is 1.85. The van der Waals surface area contributed by atoms with Crippen LogP contribution in [0, 0.1) is 0 Å². The second kappa shape index (κ2) is 4.45. The summed E-state index contributed by atoms with van der Waals surface area (Å²) in [5.41, 5.74) is 7.50. The molecule has 0 aliphatic rings. The highest BCUT2D eigenvalue weighted by molar-refractivity contribution is 6.03. The molecule has 0 saturated carbocycles. The van der Waals surface area contributed by atoms with Gasteiger partial charge in [0.05, 0.1) is 5.56 Å². The zero-order chi connectivity index (χ0) is 13.2. The molecule has 0 bridgehead atoms. The third kappa shape index (κ3) is 2.13. The first-order chi connectivity index (χ1) is 9.24. The quantitative estimate of drug-likeness (QED) is 0.751. The fraction of sp³-hybridized carbons (Fsp3) is 0. The van der Waals surface area contributed by atoms with Crippen LogP contribution < -0.4 is 11.1 Å². The molecule has 94 valence electrons. The number of anilines is 2. The summed E-state index contributed by atoms with van der Waals surface area (Å²) in [6, 6.07) is 14.9. The zero-order valence-corrected chi connectivity index (χ0v) is 9.96. The molecule has 19 heavy (non-hydrogen) atoms. The van der Waals surface area contributed by atoms with E-state index >= 15 is 0 Å². The van der Waals surface area contributed by atoms with Gasteiger partial charge in [0, 0.05) is 5.69 Å². The molecule has 3 aromatic rings. The van der Waals surface area contributed by atoms with E-state index in [9.17, 15) is 4.79 Å². The van der Waals surface area contributed by atoms with Crippen molar-refractivity contribution in [1.29, 1.82) is 0 Å². The van der Waals surface area contributed by atoms with Gasteiger partial charge < -0.3 is 15.5 Å². The first-order valence-corrected chi connectivity index (χ1v) is 5.75. The maximum atomic E-state index is 11.3. The van der Waals surface area contributed by atoms with Crippen LogP contribution in [0.5, 0.6) is 0 Å². The Hall–Kier alpha value is -2.82. The van der Waals surface area contributed by atoms with Gasteiger partial charge in [-0.3, -0.25) is 4.79 Å². The van der Waals surface area contributed by atoms with Crippen LogP contribution in [0.25, 0.3) is 11.1 Å². The average Bonchev–Trinajstić information content (AvgIpc) is 2.81. The molecule has 0 atom stereocenters. The third-order valence-corrected chi connectivity index (χ3v) is 2.71. The van der Waals surface area contributed by atoms with Crippen LogP contribution in [-0.4, -0.2) is 10.9 Å². The Balaban J connectivity index is 2.03. The topological polar surface area (TPSA) is 81.2 Å². The van der Waals surface area contributed by atoms with Crippen molar-refractivity contribution in [3.63, 3.8) is 0 Å². The van der Waals surface area contributed by atoms with E-state index in [1.165, 1.54) is 0 Å². The first kappa shape index (κ1) is 11.3. The zero-order valence-electron chi connectivity index (χ0n) is 9.96. The normalized spacial score (nSPS) is 10.5. The Kier molecular flexibility index (Phi) is 2.64. The number of aromatic nitrogens is 1. The van der Waals surface area contributed by atoms with Gasteiger partial charge in [-0.1, -0.05) is 24.3 Å². The highest BCUT2D eigenvalue weighted by Crippen LogP contribution is 2.24. The number of hydrogen-bond donors (Lipinski definition) is 2. The summed E-state index contributed by atoms with van der Waals surface area (Å²) in [4.78, 5) is 15.6. The van der Waals surface area contributed by atoms with E-state index in [1.807, 2.05) is 30.3 Å². The highest BCUT2D eigenvalue weighted by Gasteiger charge is 2.12. The minimum absolute atomic E-state index is 0.329. The number of oxazole rings is 1. The first-order valence-electron chi connectivity index (χ1n) is 5.75. The molecule has 2 aromatic carbocycles. The van der Waals surface area contributed by atoms with E-state index in [0.29, 0.717) is 22.7 Å². The Morgan fingerprint density at radius 2 is 1.89 bits per heavy atom. The molecule has 1 heterocycles. The number of nitrogens with one attached hydrogen (secondary N) is 1. The summed E-state index contributed by atoms with van der Waals surface area (Å²) >= 11 is 0. The Labute approximate surface area is 109 Å². The summed E-state index contributed by atoms with van der Waals surface area (Å²) in [6.45, 7) is 0. The number of carbonyl (C=O) groups excluding carboxylic acids is 1. The van der Waals surface area contributed by atoms with Gasteiger partial charge in [0.25, 0.3) is 11.9 Å². The summed E-state index contributed by atoms with van der Waals surface area (Å²) in [5, 5.41) is 3.03. The van der Waals surface area contributed by atoms with Crippen molar-refractivity contribution in [2.75, 3.05) is 5.32 Å². The highest BCUT2D eigenvalue weighted by atomic mass is 16.4. The SMILES string of the molecule is NC(=O)c1cccc2oc(Nc3ccccc3)nc12. The molecule has 1 aromatic heterocycles. The lowest BCUT2D eigenvalue weighted by Gasteiger charge is -1.98. The van der Waals surface area contributed by atoms with E-state index in [-0.39, 0.29) is 0 Å². The predicted octanol–water partition coefficient (Wildman–Crippen LogP) is 2.67. The molecule has 5 heteroatoms. The largest absolute Gasteiger partial charge is 0.423 e. The second-order valence-corrected chi connectivity index (χ2v) is 4.03.